The van der Waals surface area contributed by atoms with Gasteiger partial charge in [-0.1, -0.05) is 6.07 Å². The van der Waals surface area contributed by atoms with Crippen LogP contribution in [0.2, 0.25) is 0 Å². The molecule has 144 valence electrons. The van der Waals surface area contributed by atoms with Crippen LogP contribution in [0, 0.1) is 0 Å². The first-order chi connectivity index (χ1) is 12.9. The Kier molecular flexibility index (Phi) is 5.59. The summed E-state index contributed by atoms with van der Waals surface area (Å²) in [5.41, 5.74) is 0.772. The highest BCUT2D eigenvalue weighted by Crippen LogP contribution is 2.22. The smallest absolute Gasteiger partial charge is 0.276 e. The van der Waals surface area contributed by atoms with Gasteiger partial charge in [0.05, 0.1) is 18.6 Å². The molecule has 1 aliphatic rings. The summed E-state index contributed by atoms with van der Waals surface area (Å²) in [7, 11) is -1.43. The van der Waals surface area contributed by atoms with Crippen molar-refractivity contribution in [3.63, 3.8) is 0 Å². The molecule has 2 aromatic rings. The van der Waals surface area contributed by atoms with Crippen LogP contribution in [0.1, 0.15) is 23.8 Å². The van der Waals surface area contributed by atoms with Gasteiger partial charge in [0.1, 0.15) is 5.75 Å². The third-order valence-electron chi connectivity index (χ3n) is 4.49. The molecule has 1 saturated heterocycles. The summed E-state index contributed by atoms with van der Waals surface area (Å²) in [6.07, 6.45) is 0.579. The highest BCUT2D eigenvalue weighted by molar-refractivity contribution is 7.91. The van der Waals surface area contributed by atoms with Crippen molar-refractivity contribution < 1.29 is 17.9 Å². The lowest BCUT2D eigenvalue weighted by molar-refractivity contribution is 0.102. The van der Waals surface area contributed by atoms with Crippen molar-refractivity contribution in [2.45, 2.75) is 19.4 Å². The number of aromatic nitrogens is 2. The SMILES string of the molecule is CCN(c1ccc(C(=O)Nc2cccc(OC)c2)nn1)C1CCS(=O)(=O)C1. The van der Waals surface area contributed by atoms with Crippen LogP contribution in [-0.2, 0) is 9.84 Å². The van der Waals surface area contributed by atoms with E-state index in [0.717, 1.165) is 0 Å². The van der Waals surface area contributed by atoms with E-state index in [-0.39, 0.29) is 29.1 Å². The van der Waals surface area contributed by atoms with Gasteiger partial charge in [-0.2, -0.15) is 0 Å². The number of nitrogens with one attached hydrogen (secondary N) is 1. The Morgan fingerprint density at radius 1 is 1.30 bits per heavy atom. The van der Waals surface area contributed by atoms with Gasteiger partial charge in [0.25, 0.3) is 5.91 Å². The fourth-order valence-corrected chi connectivity index (χ4v) is 4.85. The number of sulfone groups is 1. The van der Waals surface area contributed by atoms with Gasteiger partial charge in [-0.25, -0.2) is 8.42 Å². The highest BCUT2D eigenvalue weighted by atomic mass is 32.2. The average molecular weight is 390 g/mol. The molecule has 1 N–H and O–H groups in total. The molecule has 1 fully saturated rings. The van der Waals surface area contributed by atoms with Crippen LogP contribution in [0.15, 0.2) is 36.4 Å². The Hall–Kier alpha value is -2.68. The molecule has 27 heavy (non-hydrogen) atoms. The summed E-state index contributed by atoms with van der Waals surface area (Å²) >= 11 is 0. The van der Waals surface area contributed by atoms with E-state index in [0.29, 0.717) is 30.2 Å². The average Bonchev–Trinajstić information content (AvgIpc) is 3.02. The van der Waals surface area contributed by atoms with Crippen molar-refractivity contribution in [3.8, 4) is 5.75 Å². The van der Waals surface area contributed by atoms with E-state index in [1.54, 1.807) is 43.5 Å². The normalized spacial score (nSPS) is 18.1. The van der Waals surface area contributed by atoms with Crippen molar-refractivity contribution in [1.29, 1.82) is 0 Å². The Bertz CT molecular complexity index is 915. The number of carbonyl (C=O) groups excluding carboxylic acids is 1. The summed E-state index contributed by atoms with van der Waals surface area (Å²) in [5, 5.41) is 10.9. The van der Waals surface area contributed by atoms with Crippen molar-refractivity contribution in [2.24, 2.45) is 0 Å². The lowest BCUT2D eigenvalue weighted by Crippen LogP contribution is -2.37. The number of methoxy groups -OCH3 is 1. The van der Waals surface area contributed by atoms with Gasteiger partial charge >= 0.3 is 0 Å². The molecule has 1 aliphatic heterocycles. The van der Waals surface area contributed by atoms with Crippen molar-refractivity contribution >= 4 is 27.2 Å². The number of ether oxygens (including phenoxy) is 1. The molecule has 2 heterocycles. The zero-order chi connectivity index (χ0) is 19.4. The first-order valence-electron chi connectivity index (χ1n) is 8.68. The zero-order valence-electron chi connectivity index (χ0n) is 15.3. The molecule has 8 nitrogen and oxygen atoms in total. The van der Waals surface area contributed by atoms with Crippen LogP contribution in [0.3, 0.4) is 0 Å². The summed E-state index contributed by atoms with van der Waals surface area (Å²) in [6.45, 7) is 2.56. The minimum atomic E-state index is -2.98. The van der Waals surface area contributed by atoms with Crippen LogP contribution in [-0.4, -0.2) is 55.7 Å². The van der Waals surface area contributed by atoms with Crippen LogP contribution in [0.25, 0.3) is 0 Å². The maximum atomic E-state index is 12.4. The lowest BCUT2D eigenvalue weighted by Gasteiger charge is -2.27. The second-order valence-electron chi connectivity index (χ2n) is 6.31. The van der Waals surface area contributed by atoms with E-state index in [1.807, 2.05) is 11.8 Å². The van der Waals surface area contributed by atoms with Gasteiger partial charge in [0, 0.05) is 24.3 Å². The molecule has 1 unspecified atom stereocenters. The van der Waals surface area contributed by atoms with Gasteiger partial charge < -0.3 is 15.0 Å². The molecule has 1 atom stereocenters. The van der Waals surface area contributed by atoms with Gasteiger partial charge in [0.15, 0.2) is 21.3 Å². The maximum Gasteiger partial charge on any atom is 0.276 e. The molecular formula is C18H22N4O4S. The van der Waals surface area contributed by atoms with Gasteiger partial charge in [-0.15, -0.1) is 10.2 Å². The molecule has 1 aromatic carbocycles. The van der Waals surface area contributed by atoms with E-state index >= 15 is 0 Å². The number of hydrogen-bond donors (Lipinski definition) is 1. The molecule has 3 rings (SSSR count). The molecule has 9 heteroatoms. The highest BCUT2D eigenvalue weighted by Gasteiger charge is 2.32. The summed E-state index contributed by atoms with van der Waals surface area (Å²) in [4.78, 5) is 14.3. The second kappa shape index (κ2) is 7.91. The van der Waals surface area contributed by atoms with E-state index in [4.69, 9.17) is 4.74 Å². The quantitative estimate of drug-likeness (QED) is 0.802. The number of amides is 1. The topological polar surface area (TPSA) is 101 Å². The van der Waals surface area contributed by atoms with Crippen LogP contribution < -0.4 is 15.0 Å². The molecule has 0 aliphatic carbocycles. The molecule has 1 aromatic heterocycles. The first kappa shape index (κ1) is 19.1. The van der Waals surface area contributed by atoms with E-state index in [9.17, 15) is 13.2 Å². The minimum absolute atomic E-state index is 0.106. The Labute approximate surface area is 158 Å². The predicted molar refractivity (Wildman–Crippen MR) is 103 cm³/mol. The molecular weight excluding hydrogens is 368 g/mol. The van der Waals surface area contributed by atoms with E-state index in [2.05, 4.69) is 15.5 Å². The minimum Gasteiger partial charge on any atom is -0.497 e. The molecule has 0 saturated carbocycles. The third kappa shape index (κ3) is 4.54. The fourth-order valence-electron chi connectivity index (χ4n) is 3.12. The Morgan fingerprint density at radius 2 is 2.11 bits per heavy atom. The van der Waals surface area contributed by atoms with E-state index in [1.165, 1.54) is 0 Å². The molecule has 1 amide bonds. The second-order valence-corrected chi connectivity index (χ2v) is 8.53. The maximum absolute atomic E-state index is 12.4. The van der Waals surface area contributed by atoms with E-state index < -0.39 is 9.84 Å². The van der Waals surface area contributed by atoms with Crippen molar-refractivity contribution in [3.05, 3.63) is 42.1 Å². The fraction of sp³-hybridized carbons (Fsp3) is 0.389. The Balaban J connectivity index is 1.71. The predicted octanol–water partition coefficient (Wildman–Crippen LogP) is 1.75. The zero-order valence-corrected chi connectivity index (χ0v) is 16.1. The Morgan fingerprint density at radius 3 is 2.70 bits per heavy atom. The largest absolute Gasteiger partial charge is 0.497 e. The monoisotopic (exact) mass is 390 g/mol. The summed E-state index contributed by atoms with van der Waals surface area (Å²) < 4.78 is 28.6. The molecule has 0 spiro atoms. The standard InChI is InChI=1S/C18H22N4O4S/c1-3-22(14-9-10-27(24,25)12-14)17-8-7-16(20-21-17)18(23)19-13-5-4-6-15(11-13)26-2/h4-8,11,14H,3,9-10,12H2,1-2H3,(H,19,23). The number of carbonyl (C=O) groups is 1. The van der Waals surface area contributed by atoms with Crippen molar-refractivity contribution in [1.82, 2.24) is 10.2 Å². The molecule has 0 radical (unpaired) electrons. The third-order valence-corrected chi connectivity index (χ3v) is 6.25. The molecule has 0 bridgehead atoms. The van der Waals surface area contributed by atoms with Gasteiger partial charge in [0.2, 0.25) is 0 Å². The van der Waals surface area contributed by atoms with Crippen LogP contribution in [0.4, 0.5) is 11.5 Å². The van der Waals surface area contributed by atoms with Crippen LogP contribution >= 0.6 is 0 Å². The van der Waals surface area contributed by atoms with Gasteiger partial charge in [-0.3, -0.25) is 4.79 Å². The summed E-state index contributed by atoms with van der Waals surface area (Å²) in [5.74, 6) is 1.15. The van der Waals surface area contributed by atoms with Crippen molar-refractivity contribution in [2.75, 3.05) is 35.4 Å². The van der Waals surface area contributed by atoms with Crippen LogP contribution in [0.5, 0.6) is 5.75 Å². The lowest BCUT2D eigenvalue weighted by atomic mass is 10.2. The summed E-state index contributed by atoms with van der Waals surface area (Å²) in [6, 6.07) is 10.2. The number of rotatable bonds is 6. The van der Waals surface area contributed by atoms with Gasteiger partial charge in [-0.05, 0) is 37.6 Å². The first-order valence-corrected chi connectivity index (χ1v) is 10.5. The number of anilines is 2. The number of nitrogens with zero attached hydrogens (tertiary/aromatic N) is 3. The number of hydrogen-bond acceptors (Lipinski definition) is 7. The number of benzene rings is 1.